The molecule has 0 saturated carbocycles. The summed E-state index contributed by atoms with van der Waals surface area (Å²) < 4.78 is 9.19. The fourth-order valence-electron chi connectivity index (χ4n) is 1.36. The summed E-state index contributed by atoms with van der Waals surface area (Å²) in [5.41, 5.74) is 0.167. The van der Waals surface area contributed by atoms with Crippen LogP contribution in [0.25, 0.3) is 0 Å². The summed E-state index contributed by atoms with van der Waals surface area (Å²) in [5, 5.41) is 8.96. The van der Waals surface area contributed by atoms with Gasteiger partial charge >= 0.3 is 17.9 Å². The normalized spacial score (nSPS) is 12.7. The van der Waals surface area contributed by atoms with Gasteiger partial charge in [0.05, 0.1) is 13.7 Å². The predicted molar refractivity (Wildman–Crippen MR) is 62.8 cm³/mol. The first-order chi connectivity index (χ1) is 8.47. The maximum atomic E-state index is 11.5. The molecule has 0 heterocycles. The lowest BCUT2D eigenvalue weighted by molar-refractivity contribution is -0.158. The van der Waals surface area contributed by atoms with E-state index in [0.717, 1.165) is 0 Å². The van der Waals surface area contributed by atoms with Crippen molar-refractivity contribution < 1.29 is 29.0 Å². The number of hydrogen-bond donors (Lipinski definition) is 1. The van der Waals surface area contributed by atoms with Crippen molar-refractivity contribution in [2.45, 2.75) is 26.7 Å². The molecule has 1 N–H and O–H groups in total. The first-order valence-electron chi connectivity index (χ1n) is 5.64. The first-order valence-corrected chi connectivity index (χ1v) is 5.64. The van der Waals surface area contributed by atoms with E-state index in [9.17, 15) is 14.4 Å². The summed E-state index contributed by atoms with van der Waals surface area (Å²) in [6, 6.07) is 0. The Morgan fingerprint density at radius 1 is 1.28 bits per heavy atom. The highest BCUT2D eigenvalue weighted by Crippen LogP contribution is 2.16. The zero-order valence-corrected chi connectivity index (χ0v) is 10.8. The van der Waals surface area contributed by atoms with Crippen LogP contribution in [-0.4, -0.2) is 36.7 Å². The zero-order chi connectivity index (χ0) is 14.1. The number of methoxy groups -OCH3 is 1. The average molecular weight is 258 g/mol. The van der Waals surface area contributed by atoms with Crippen molar-refractivity contribution in [1.82, 2.24) is 0 Å². The Kier molecular flexibility index (Phi) is 7.42. The number of esters is 2. The first kappa shape index (κ1) is 16.1. The number of allylic oxidation sites excluding steroid dienone is 1. The molecule has 0 radical (unpaired) electrons. The number of carbonyl (C=O) groups is 3. The van der Waals surface area contributed by atoms with Gasteiger partial charge in [0.15, 0.2) is 5.92 Å². The van der Waals surface area contributed by atoms with E-state index in [4.69, 9.17) is 5.11 Å². The van der Waals surface area contributed by atoms with Gasteiger partial charge < -0.3 is 14.6 Å². The largest absolute Gasteiger partial charge is 0.481 e. The lowest BCUT2D eigenvalue weighted by Crippen LogP contribution is -2.27. The second kappa shape index (κ2) is 8.27. The SMILES string of the molecule is CC/C=C(\CC(C(=O)O)C(=O)OCC)C(=O)OC. The van der Waals surface area contributed by atoms with E-state index in [1.165, 1.54) is 7.11 Å². The Morgan fingerprint density at radius 3 is 2.28 bits per heavy atom. The number of ether oxygens (including phenoxy) is 2. The minimum Gasteiger partial charge on any atom is -0.481 e. The van der Waals surface area contributed by atoms with Crippen LogP contribution in [0.3, 0.4) is 0 Å². The van der Waals surface area contributed by atoms with Gasteiger partial charge in [-0.25, -0.2) is 4.79 Å². The van der Waals surface area contributed by atoms with Crippen molar-refractivity contribution in [1.29, 1.82) is 0 Å². The molecule has 1 unspecified atom stereocenters. The van der Waals surface area contributed by atoms with Crippen molar-refractivity contribution in [2.24, 2.45) is 5.92 Å². The van der Waals surface area contributed by atoms with E-state index in [0.29, 0.717) is 6.42 Å². The molecule has 0 aromatic heterocycles. The van der Waals surface area contributed by atoms with Crippen LogP contribution < -0.4 is 0 Å². The molecular formula is C12H18O6. The van der Waals surface area contributed by atoms with E-state index in [1.54, 1.807) is 19.9 Å². The summed E-state index contributed by atoms with van der Waals surface area (Å²) in [5.74, 6) is -4.19. The molecule has 0 spiro atoms. The number of carbonyl (C=O) groups excluding carboxylic acids is 2. The van der Waals surface area contributed by atoms with Crippen molar-refractivity contribution >= 4 is 17.9 Å². The van der Waals surface area contributed by atoms with Gasteiger partial charge in [0.2, 0.25) is 0 Å². The van der Waals surface area contributed by atoms with Gasteiger partial charge in [0, 0.05) is 12.0 Å². The van der Waals surface area contributed by atoms with Gasteiger partial charge in [-0.1, -0.05) is 13.0 Å². The lowest BCUT2D eigenvalue weighted by atomic mass is 9.98. The van der Waals surface area contributed by atoms with Crippen LogP contribution in [0.15, 0.2) is 11.6 Å². The molecule has 0 fully saturated rings. The molecule has 0 amide bonds. The maximum Gasteiger partial charge on any atom is 0.333 e. The predicted octanol–water partition coefficient (Wildman–Crippen LogP) is 1.15. The van der Waals surface area contributed by atoms with Crippen molar-refractivity contribution in [3.63, 3.8) is 0 Å². The van der Waals surface area contributed by atoms with Gasteiger partial charge in [-0.2, -0.15) is 0 Å². The molecule has 102 valence electrons. The van der Waals surface area contributed by atoms with Crippen molar-refractivity contribution in [3.05, 3.63) is 11.6 Å². The van der Waals surface area contributed by atoms with Crippen LogP contribution in [0.2, 0.25) is 0 Å². The monoisotopic (exact) mass is 258 g/mol. The van der Waals surface area contributed by atoms with E-state index in [1.807, 2.05) is 0 Å². The molecule has 6 heteroatoms. The smallest absolute Gasteiger partial charge is 0.333 e. The number of hydrogen-bond acceptors (Lipinski definition) is 5. The van der Waals surface area contributed by atoms with Gasteiger partial charge in [-0.3, -0.25) is 9.59 Å². The van der Waals surface area contributed by atoms with E-state index >= 15 is 0 Å². The van der Waals surface area contributed by atoms with Gasteiger partial charge in [-0.15, -0.1) is 0 Å². The molecule has 6 nitrogen and oxygen atoms in total. The van der Waals surface area contributed by atoms with Gasteiger partial charge in [-0.05, 0) is 13.3 Å². The number of rotatable bonds is 7. The molecule has 0 aromatic carbocycles. The van der Waals surface area contributed by atoms with E-state index in [2.05, 4.69) is 9.47 Å². The van der Waals surface area contributed by atoms with Crippen molar-refractivity contribution in [2.75, 3.05) is 13.7 Å². The molecule has 1 atom stereocenters. The van der Waals surface area contributed by atoms with Crippen molar-refractivity contribution in [3.8, 4) is 0 Å². The third kappa shape index (κ3) is 4.99. The molecule has 0 rings (SSSR count). The highest BCUT2D eigenvalue weighted by Gasteiger charge is 2.30. The highest BCUT2D eigenvalue weighted by atomic mass is 16.5. The van der Waals surface area contributed by atoms with E-state index in [-0.39, 0.29) is 18.6 Å². The zero-order valence-electron chi connectivity index (χ0n) is 10.8. The second-order valence-electron chi connectivity index (χ2n) is 3.48. The second-order valence-corrected chi connectivity index (χ2v) is 3.48. The van der Waals surface area contributed by atoms with Gasteiger partial charge in [0.1, 0.15) is 0 Å². The average Bonchev–Trinajstić information content (AvgIpc) is 2.33. The summed E-state index contributed by atoms with van der Waals surface area (Å²) in [6.07, 6.45) is 1.86. The molecule has 0 saturated heterocycles. The Morgan fingerprint density at radius 2 is 1.89 bits per heavy atom. The lowest BCUT2D eigenvalue weighted by Gasteiger charge is -2.12. The topological polar surface area (TPSA) is 89.9 Å². The Bertz CT molecular complexity index is 344. The molecule has 0 aromatic rings. The van der Waals surface area contributed by atoms with E-state index < -0.39 is 23.8 Å². The van der Waals surface area contributed by atoms with Crippen LogP contribution in [0.1, 0.15) is 26.7 Å². The molecule has 0 aliphatic rings. The summed E-state index contributed by atoms with van der Waals surface area (Å²) in [6.45, 7) is 3.47. The summed E-state index contributed by atoms with van der Waals surface area (Å²) >= 11 is 0. The summed E-state index contributed by atoms with van der Waals surface area (Å²) in [4.78, 5) is 33.8. The maximum absolute atomic E-state index is 11.5. The quantitative estimate of drug-likeness (QED) is 0.418. The van der Waals surface area contributed by atoms with Crippen LogP contribution in [0.4, 0.5) is 0 Å². The van der Waals surface area contributed by atoms with Gasteiger partial charge in [0.25, 0.3) is 0 Å². The fourth-order valence-corrected chi connectivity index (χ4v) is 1.36. The Labute approximate surface area is 106 Å². The third-order valence-corrected chi connectivity index (χ3v) is 2.19. The number of carboxylic acids is 1. The number of carboxylic acid groups (broad SMARTS) is 1. The molecule has 0 aliphatic heterocycles. The molecule has 0 bridgehead atoms. The van der Waals surface area contributed by atoms with Crippen LogP contribution in [0, 0.1) is 5.92 Å². The number of aliphatic carboxylic acids is 1. The summed E-state index contributed by atoms with van der Waals surface area (Å²) in [7, 11) is 1.20. The van der Waals surface area contributed by atoms with Crippen LogP contribution >= 0.6 is 0 Å². The highest BCUT2D eigenvalue weighted by molar-refractivity contribution is 5.97. The molecule has 18 heavy (non-hydrogen) atoms. The minimum absolute atomic E-state index is 0.0909. The van der Waals surface area contributed by atoms with Crippen LogP contribution in [0.5, 0.6) is 0 Å². The molecule has 0 aliphatic carbocycles. The standard InChI is InChI=1S/C12H18O6/c1-4-6-8(11(15)17-3)7-9(10(13)14)12(16)18-5-2/h6,9H,4-5,7H2,1-3H3,(H,13,14)/b8-6+. The third-order valence-electron chi connectivity index (χ3n) is 2.19. The Hall–Kier alpha value is -1.85. The Balaban J connectivity index is 4.94. The fraction of sp³-hybridized carbons (Fsp3) is 0.583. The minimum atomic E-state index is -1.39. The van der Waals surface area contributed by atoms with Crippen LogP contribution in [-0.2, 0) is 23.9 Å². The molecular weight excluding hydrogens is 240 g/mol.